The van der Waals surface area contributed by atoms with Gasteiger partial charge >= 0.3 is 0 Å². The van der Waals surface area contributed by atoms with Gasteiger partial charge in [0.2, 0.25) is 0 Å². The van der Waals surface area contributed by atoms with Gasteiger partial charge in [-0.2, -0.15) is 0 Å². The number of benzene rings is 3. The quantitative estimate of drug-likeness (QED) is 0.653. The van der Waals surface area contributed by atoms with E-state index in [4.69, 9.17) is 0 Å². The second-order valence-electron chi connectivity index (χ2n) is 5.68. The number of rotatable bonds is 3. The largest absolute Gasteiger partial charge is 0.378 e. The summed E-state index contributed by atoms with van der Waals surface area (Å²) in [7, 11) is 0. The van der Waals surface area contributed by atoms with Crippen LogP contribution in [0, 0.1) is 13.8 Å². The van der Waals surface area contributed by atoms with E-state index >= 15 is 0 Å². The van der Waals surface area contributed by atoms with Crippen LogP contribution in [0.3, 0.4) is 0 Å². The van der Waals surface area contributed by atoms with Crippen LogP contribution in [0.4, 0.5) is 5.69 Å². The summed E-state index contributed by atoms with van der Waals surface area (Å²) >= 11 is 0. The van der Waals surface area contributed by atoms with Crippen molar-refractivity contribution in [2.75, 3.05) is 5.32 Å². The topological polar surface area (TPSA) is 12.0 Å². The molecule has 1 nitrogen and oxygen atoms in total. The van der Waals surface area contributed by atoms with E-state index in [-0.39, 0.29) is 6.04 Å². The van der Waals surface area contributed by atoms with Gasteiger partial charge < -0.3 is 5.32 Å². The maximum Gasteiger partial charge on any atom is 0.0491 e. The zero-order chi connectivity index (χ0) is 14.8. The zero-order valence-corrected chi connectivity index (χ0v) is 12.9. The Bertz CT molecular complexity index is 768. The van der Waals surface area contributed by atoms with E-state index in [1.54, 1.807) is 0 Å². The summed E-state index contributed by atoms with van der Waals surface area (Å²) in [6.45, 7) is 6.56. The Kier molecular flexibility index (Phi) is 3.66. The van der Waals surface area contributed by atoms with E-state index in [9.17, 15) is 0 Å². The molecule has 3 aromatic carbocycles. The summed E-state index contributed by atoms with van der Waals surface area (Å²) in [6.07, 6.45) is 0. The van der Waals surface area contributed by atoms with Crippen molar-refractivity contribution in [3.63, 3.8) is 0 Å². The third-order valence-corrected chi connectivity index (χ3v) is 4.27. The molecule has 1 N–H and O–H groups in total. The molecule has 3 rings (SSSR count). The Morgan fingerprint density at radius 3 is 2.38 bits per heavy atom. The predicted molar refractivity (Wildman–Crippen MR) is 91.9 cm³/mol. The van der Waals surface area contributed by atoms with Crippen molar-refractivity contribution in [3.05, 3.63) is 77.4 Å². The Morgan fingerprint density at radius 2 is 1.52 bits per heavy atom. The van der Waals surface area contributed by atoms with Gasteiger partial charge in [0.25, 0.3) is 0 Å². The number of anilines is 1. The fourth-order valence-electron chi connectivity index (χ4n) is 2.85. The lowest BCUT2D eigenvalue weighted by atomic mass is 9.99. The molecule has 1 unspecified atom stereocenters. The first-order chi connectivity index (χ1) is 10.2. The molecule has 21 heavy (non-hydrogen) atoms. The minimum atomic E-state index is 0.275. The van der Waals surface area contributed by atoms with Crippen LogP contribution in [-0.4, -0.2) is 0 Å². The Labute approximate surface area is 126 Å². The van der Waals surface area contributed by atoms with Gasteiger partial charge in [0.05, 0.1) is 0 Å². The van der Waals surface area contributed by atoms with E-state index in [1.807, 2.05) is 0 Å². The molecule has 0 spiro atoms. The zero-order valence-electron chi connectivity index (χ0n) is 12.9. The maximum atomic E-state index is 3.66. The average molecular weight is 275 g/mol. The van der Waals surface area contributed by atoms with Gasteiger partial charge in [0.1, 0.15) is 0 Å². The molecule has 0 saturated carbocycles. The monoisotopic (exact) mass is 275 g/mol. The molecular formula is C20H21N. The second-order valence-corrected chi connectivity index (χ2v) is 5.68. The smallest absolute Gasteiger partial charge is 0.0491 e. The number of hydrogen-bond donors (Lipinski definition) is 1. The molecule has 0 amide bonds. The number of aryl methyl sites for hydroxylation is 1. The molecule has 1 atom stereocenters. The fourth-order valence-corrected chi connectivity index (χ4v) is 2.85. The van der Waals surface area contributed by atoms with Crippen LogP contribution in [0.25, 0.3) is 10.8 Å². The third-order valence-electron chi connectivity index (χ3n) is 4.27. The summed E-state index contributed by atoms with van der Waals surface area (Å²) in [5.41, 5.74) is 5.21. The van der Waals surface area contributed by atoms with Crippen molar-refractivity contribution < 1.29 is 0 Å². The van der Waals surface area contributed by atoms with E-state index in [0.717, 1.165) is 0 Å². The van der Waals surface area contributed by atoms with Crippen LogP contribution in [0.15, 0.2) is 60.7 Å². The molecule has 1 heteroatoms. The van der Waals surface area contributed by atoms with Crippen LogP contribution in [0.1, 0.15) is 29.7 Å². The van der Waals surface area contributed by atoms with E-state index in [0.29, 0.717) is 0 Å². The van der Waals surface area contributed by atoms with Crippen LogP contribution >= 0.6 is 0 Å². The average Bonchev–Trinajstić information content (AvgIpc) is 2.51. The SMILES string of the molecule is Cc1cccc(NC(C)c2cccc3ccccc23)c1C. The molecule has 0 heterocycles. The lowest BCUT2D eigenvalue weighted by Crippen LogP contribution is -2.08. The van der Waals surface area contributed by atoms with Crippen molar-refractivity contribution in [1.82, 2.24) is 0 Å². The van der Waals surface area contributed by atoms with Gasteiger partial charge in [-0.25, -0.2) is 0 Å². The number of nitrogens with one attached hydrogen (secondary N) is 1. The standard InChI is InChI=1S/C20H21N/c1-14-8-6-13-20(15(14)2)21-16(3)18-12-7-10-17-9-4-5-11-19(17)18/h4-13,16,21H,1-3H3. The molecule has 0 aromatic heterocycles. The Balaban J connectivity index is 1.97. The van der Waals surface area contributed by atoms with Crippen LogP contribution in [-0.2, 0) is 0 Å². The molecule has 0 bridgehead atoms. The van der Waals surface area contributed by atoms with E-state index < -0.39 is 0 Å². The van der Waals surface area contributed by atoms with Gasteiger partial charge in [-0.3, -0.25) is 0 Å². The highest BCUT2D eigenvalue weighted by molar-refractivity contribution is 5.86. The minimum absolute atomic E-state index is 0.275. The van der Waals surface area contributed by atoms with Gasteiger partial charge in [-0.15, -0.1) is 0 Å². The number of fused-ring (bicyclic) bond motifs is 1. The molecule has 0 aliphatic rings. The van der Waals surface area contributed by atoms with Crippen LogP contribution in [0.2, 0.25) is 0 Å². The summed E-state index contributed by atoms with van der Waals surface area (Å²) in [6, 6.07) is 21.8. The highest BCUT2D eigenvalue weighted by Gasteiger charge is 2.10. The second kappa shape index (κ2) is 5.61. The molecule has 0 aliphatic heterocycles. The fraction of sp³-hybridized carbons (Fsp3) is 0.200. The van der Waals surface area contributed by atoms with Crippen LogP contribution < -0.4 is 5.32 Å². The molecule has 106 valence electrons. The van der Waals surface area contributed by atoms with E-state index in [2.05, 4.69) is 86.8 Å². The van der Waals surface area contributed by atoms with E-state index in [1.165, 1.54) is 33.2 Å². The first-order valence-corrected chi connectivity index (χ1v) is 7.47. The summed E-state index contributed by atoms with van der Waals surface area (Å²) in [5, 5.41) is 6.28. The van der Waals surface area contributed by atoms with Gasteiger partial charge in [-0.1, -0.05) is 54.6 Å². The first-order valence-electron chi connectivity index (χ1n) is 7.47. The lowest BCUT2D eigenvalue weighted by Gasteiger charge is -2.20. The van der Waals surface area contributed by atoms with Crippen molar-refractivity contribution in [2.45, 2.75) is 26.8 Å². The Morgan fingerprint density at radius 1 is 0.810 bits per heavy atom. The summed E-state index contributed by atoms with van der Waals surface area (Å²) in [5.74, 6) is 0. The maximum absolute atomic E-state index is 3.66. The van der Waals surface area contributed by atoms with Crippen LogP contribution in [0.5, 0.6) is 0 Å². The van der Waals surface area contributed by atoms with Crippen molar-refractivity contribution >= 4 is 16.5 Å². The summed E-state index contributed by atoms with van der Waals surface area (Å²) in [4.78, 5) is 0. The van der Waals surface area contributed by atoms with Gasteiger partial charge in [-0.05, 0) is 54.3 Å². The normalized spacial score (nSPS) is 12.3. The van der Waals surface area contributed by atoms with Crippen molar-refractivity contribution in [2.24, 2.45) is 0 Å². The molecule has 0 fully saturated rings. The Hall–Kier alpha value is -2.28. The molecule has 0 radical (unpaired) electrons. The molecule has 3 aromatic rings. The highest BCUT2D eigenvalue weighted by atomic mass is 14.9. The van der Waals surface area contributed by atoms with Gasteiger partial charge in [0, 0.05) is 11.7 Å². The predicted octanol–water partition coefficient (Wildman–Crippen LogP) is 5.63. The first kappa shape index (κ1) is 13.7. The molecule has 0 aliphatic carbocycles. The number of hydrogen-bond acceptors (Lipinski definition) is 1. The minimum Gasteiger partial charge on any atom is -0.378 e. The highest BCUT2D eigenvalue weighted by Crippen LogP contribution is 2.28. The van der Waals surface area contributed by atoms with Crippen molar-refractivity contribution in [3.8, 4) is 0 Å². The van der Waals surface area contributed by atoms with Crippen molar-refractivity contribution in [1.29, 1.82) is 0 Å². The summed E-state index contributed by atoms with van der Waals surface area (Å²) < 4.78 is 0. The molecular weight excluding hydrogens is 254 g/mol. The third kappa shape index (κ3) is 2.64. The van der Waals surface area contributed by atoms with Gasteiger partial charge in [0.15, 0.2) is 0 Å². The lowest BCUT2D eigenvalue weighted by molar-refractivity contribution is 0.891. The molecule has 0 saturated heterocycles.